The molecule has 4 nitrogen and oxygen atoms in total. The largest absolute Gasteiger partial charge is 0.481 e. The highest BCUT2D eigenvalue weighted by Crippen LogP contribution is 2.29. The lowest BCUT2D eigenvalue weighted by Crippen LogP contribution is -2.06. The third-order valence-corrected chi connectivity index (χ3v) is 3.46. The third-order valence-electron chi connectivity index (χ3n) is 3.02. The van der Waals surface area contributed by atoms with Crippen molar-refractivity contribution in [3.05, 3.63) is 65.2 Å². The second kappa shape index (κ2) is 9.86. The van der Waals surface area contributed by atoms with Crippen LogP contribution in [0, 0.1) is 0 Å². The molecule has 2 aromatic carbocycles. The van der Waals surface area contributed by atoms with E-state index >= 15 is 0 Å². The Labute approximate surface area is 154 Å². The van der Waals surface area contributed by atoms with Crippen LogP contribution in [0.5, 0.6) is 0 Å². The lowest BCUT2D eigenvalue weighted by Gasteiger charge is -2.08. The highest BCUT2D eigenvalue weighted by molar-refractivity contribution is 7.80. The van der Waals surface area contributed by atoms with Crippen LogP contribution < -0.4 is 0 Å². The van der Waals surface area contributed by atoms with Crippen molar-refractivity contribution in [2.75, 3.05) is 0 Å². The summed E-state index contributed by atoms with van der Waals surface area (Å²) in [6, 6.07) is 12.3. The zero-order chi connectivity index (χ0) is 19.7. The van der Waals surface area contributed by atoms with Gasteiger partial charge < -0.3 is 9.94 Å². The van der Waals surface area contributed by atoms with Gasteiger partial charge in [0.25, 0.3) is 5.97 Å². The van der Waals surface area contributed by atoms with E-state index in [1.807, 2.05) is 24.3 Å². The fraction of sp³-hybridized carbons (Fsp3) is 0.222. The van der Waals surface area contributed by atoms with Crippen molar-refractivity contribution in [1.29, 1.82) is 0 Å². The molecule has 0 spiro atoms. The SMILES string of the molecule is CC(=NOCc1ccccc1S)c1cccc(C(F)(F)F)c1.CC(=O)O. The normalized spacial score (nSPS) is 11.4. The highest BCUT2D eigenvalue weighted by Gasteiger charge is 2.30. The number of rotatable bonds is 4. The fourth-order valence-corrected chi connectivity index (χ4v) is 2.03. The van der Waals surface area contributed by atoms with Crippen LogP contribution in [0.1, 0.15) is 30.5 Å². The van der Waals surface area contributed by atoms with Crippen molar-refractivity contribution >= 4 is 24.3 Å². The van der Waals surface area contributed by atoms with Gasteiger partial charge in [0.2, 0.25) is 0 Å². The molecule has 0 aliphatic rings. The number of carbonyl (C=O) groups is 1. The molecule has 0 fully saturated rings. The second-order valence-corrected chi connectivity index (χ2v) is 5.66. The number of aliphatic carboxylic acids is 1. The Morgan fingerprint density at radius 1 is 1.15 bits per heavy atom. The molecule has 140 valence electrons. The van der Waals surface area contributed by atoms with Crippen molar-refractivity contribution in [2.24, 2.45) is 5.16 Å². The minimum Gasteiger partial charge on any atom is -0.481 e. The molecular weight excluding hydrogens is 367 g/mol. The van der Waals surface area contributed by atoms with Gasteiger partial charge in [0.05, 0.1) is 11.3 Å². The van der Waals surface area contributed by atoms with Crippen LogP contribution in [0.3, 0.4) is 0 Å². The molecule has 0 saturated heterocycles. The number of hydrogen-bond acceptors (Lipinski definition) is 4. The molecule has 0 unspecified atom stereocenters. The molecular formula is C18H18F3NO3S. The third kappa shape index (κ3) is 7.60. The molecule has 1 N–H and O–H groups in total. The molecule has 2 aromatic rings. The lowest BCUT2D eigenvalue weighted by molar-refractivity contribution is -0.137. The molecule has 0 saturated carbocycles. The predicted octanol–water partition coefficient (Wildman–Crippen LogP) is 5.03. The minimum atomic E-state index is -4.37. The van der Waals surface area contributed by atoms with Crippen LogP contribution in [0.25, 0.3) is 0 Å². The number of oxime groups is 1. The quantitative estimate of drug-likeness (QED) is 0.441. The summed E-state index contributed by atoms with van der Waals surface area (Å²) in [7, 11) is 0. The van der Waals surface area contributed by atoms with Crippen molar-refractivity contribution in [1.82, 2.24) is 0 Å². The maximum Gasteiger partial charge on any atom is 0.416 e. The van der Waals surface area contributed by atoms with Crippen molar-refractivity contribution in [3.63, 3.8) is 0 Å². The monoisotopic (exact) mass is 385 g/mol. The summed E-state index contributed by atoms with van der Waals surface area (Å²) >= 11 is 4.28. The first-order chi connectivity index (χ1) is 12.1. The Bertz CT molecular complexity index is 772. The molecule has 0 atom stereocenters. The van der Waals surface area contributed by atoms with E-state index in [9.17, 15) is 13.2 Å². The first-order valence-electron chi connectivity index (χ1n) is 7.42. The van der Waals surface area contributed by atoms with Crippen LogP contribution in [0.15, 0.2) is 58.6 Å². The van der Waals surface area contributed by atoms with E-state index in [1.165, 1.54) is 6.07 Å². The van der Waals surface area contributed by atoms with Gasteiger partial charge >= 0.3 is 6.18 Å². The first-order valence-corrected chi connectivity index (χ1v) is 7.86. The van der Waals surface area contributed by atoms with Gasteiger partial charge in [-0.25, -0.2) is 0 Å². The molecule has 26 heavy (non-hydrogen) atoms. The Kier molecular flexibility index (Phi) is 8.18. The molecule has 0 heterocycles. The molecule has 0 aromatic heterocycles. The van der Waals surface area contributed by atoms with Crippen LogP contribution in [-0.4, -0.2) is 16.8 Å². The van der Waals surface area contributed by atoms with Crippen LogP contribution in [0.2, 0.25) is 0 Å². The summed E-state index contributed by atoms with van der Waals surface area (Å²) in [5, 5.41) is 11.3. The van der Waals surface area contributed by atoms with E-state index in [2.05, 4.69) is 17.8 Å². The maximum atomic E-state index is 12.7. The number of carboxylic acids is 1. The minimum absolute atomic E-state index is 0.204. The highest BCUT2D eigenvalue weighted by atomic mass is 32.1. The molecule has 0 amide bonds. The number of thiol groups is 1. The van der Waals surface area contributed by atoms with E-state index in [-0.39, 0.29) is 6.61 Å². The summed E-state index contributed by atoms with van der Waals surface area (Å²) in [5.41, 5.74) is 0.892. The topological polar surface area (TPSA) is 58.9 Å². The van der Waals surface area contributed by atoms with Gasteiger partial charge in [-0.1, -0.05) is 35.5 Å². The number of carboxylic acid groups (broad SMARTS) is 1. The molecule has 0 bridgehead atoms. The fourth-order valence-electron chi connectivity index (χ4n) is 1.80. The summed E-state index contributed by atoms with van der Waals surface area (Å²) in [5.74, 6) is -0.833. The van der Waals surface area contributed by atoms with Crippen molar-refractivity contribution in [3.8, 4) is 0 Å². The first kappa shape index (κ1) is 21.6. The predicted molar refractivity (Wildman–Crippen MR) is 95.4 cm³/mol. The van der Waals surface area contributed by atoms with Gasteiger partial charge in [-0.05, 0) is 30.7 Å². The number of nitrogens with zero attached hydrogens (tertiary/aromatic N) is 1. The second-order valence-electron chi connectivity index (χ2n) is 5.18. The van der Waals surface area contributed by atoms with Crippen LogP contribution in [-0.2, 0) is 22.4 Å². The zero-order valence-corrected chi connectivity index (χ0v) is 15.0. The molecule has 8 heteroatoms. The lowest BCUT2D eigenvalue weighted by atomic mass is 10.1. The molecule has 2 rings (SSSR count). The van der Waals surface area contributed by atoms with E-state index in [1.54, 1.807) is 13.0 Å². The maximum absolute atomic E-state index is 12.7. The van der Waals surface area contributed by atoms with E-state index in [0.29, 0.717) is 11.3 Å². The van der Waals surface area contributed by atoms with Crippen LogP contribution in [0.4, 0.5) is 13.2 Å². The van der Waals surface area contributed by atoms with E-state index < -0.39 is 17.7 Å². The smallest absolute Gasteiger partial charge is 0.416 e. The van der Waals surface area contributed by atoms with Gasteiger partial charge in [0.1, 0.15) is 6.61 Å². The molecule has 0 aliphatic heterocycles. The van der Waals surface area contributed by atoms with E-state index in [0.717, 1.165) is 29.5 Å². The molecule has 0 radical (unpaired) electrons. The summed E-state index contributed by atoms with van der Waals surface area (Å²) in [4.78, 5) is 15.0. The number of alkyl halides is 3. The van der Waals surface area contributed by atoms with Gasteiger partial charge in [-0.2, -0.15) is 13.2 Å². The molecule has 0 aliphatic carbocycles. The Morgan fingerprint density at radius 2 is 1.77 bits per heavy atom. The van der Waals surface area contributed by atoms with Gasteiger partial charge in [0, 0.05) is 17.4 Å². The summed E-state index contributed by atoms with van der Waals surface area (Å²) in [6.07, 6.45) is -4.37. The average molecular weight is 385 g/mol. The number of halogens is 3. The zero-order valence-electron chi connectivity index (χ0n) is 14.1. The van der Waals surface area contributed by atoms with E-state index in [4.69, 9.17) is 14.7 Å². The van der Waals surface area contributed by atoms with Gasteiger partial charge in [-0.15, -0.1) is 12.6 Å². The van der Waals surface area contributed by atoms with Crippen molar-refractivity contribution < 1.29 is 27.9 Å². The number of hydrogen-bond donors (Lipinski definition) is 2. The standard InChI is InChI=1S/C16H14F3NOS.C2H4O2/c1-11(12-6-4-7-14(9-12)16(17,18)19)20-21-10-13-5-2-3-8-15(13)22;1-2(3)4/h2-9,22H,10H2,1H3;1H3,(H,3,4). The Hall–Kier alpha value is -2.48. The van der Waals surface area contributed by atoms with Gasteiger partial charge in [-0.3, -0.25) is 4.79 Å². The Morgan fingerprint density at radius 3 is 2.35 bits per heavy atom. The Balaban J connectivity index is 0.000000765. The average Bonchev–Trinajstić information content (AvgIpc) is 2.55. The number of benzene rings is 2. The van der Waals surface area contributed by atoms with Crippen molar-refractivity contribution in [2.45, 2.75) is 31.5 Å². The summed E-state index contributed by atoms with van der Waals surface area (Å²) < 4.78 is 38.0. The van der Waals surface area contributed by atoms with Gasteiger partial charge in [0.15, 0.2) is 0 Å². The summed E-state index contributed by atoms with van der Waals surface area (Å²) in [6.45, 7) is 2.89. The van der Waals surface area contributed by atoms with Crippen LogP contribution >= 0.6 is 12.6 Å².